The molecule has 0 bridgehead atoms. The van der Waals surface area contributed by atoms with Crippen molar-refractivity contribution < 1.29 is 5.11 Å². The lowest BCUT2D eigenvalue weighted by atomic mass is 9.96. The maximum Gasteiger partial charge on any atom is 0.138 e. The quantitative estimate of drug-likeness (QED) is 0.793. The van der Waals surface area contributed by atoms with E-state index in [0.717, 1.165) is 6.42 Å². The van der Waals surface area contributed by atoms with Gasteiger partial charge in [0.2, 0.25) is 0 Å². The third kappa shape index (κ3) is 2.71. The Morgan fingerprint density at radius 3 is 2.67 bits per heavy atom. The largest absolute Gasteiger partial charge is 0.506 e. The lowest BCUT2D eigenvalue weighted by Crippen LogP contribution is -2.13. The van der Waals surface area contributed by atoms with Crippen molar-refractivity contribution in [3.05, 3.63) is 29.3 Å². The normalized spacial score (nSPS) is 12.5. The first-order valence-corrected chi connectivity index (χ1v) is 5.03. The molecule has 0 radical (unpaired) electrons. The number of benzene rings is 1. The molecule has 1 aromatic rings. The highest BCUT2D eigenvalue weighted by molar-refractivity contribution is 5.48. The fourth-order valence-corrected chi connectivity index (χ4v) is 1.59. The summed E-state index contributed by atoms with van der Waals surface area (Å²) in [6.07, 6.45) is 0.794. The highest BCUT2D eigenvalue weighted by Gasteiger charge is 2.14. The Morgan fingerprint density at radius 1 is 1.47 bits per heavy atom. The zero-order chi connectivity index (χ0) is 11.4. The van der Waals surface area contributed by atoms with Crippen LogP contribution < -0.4 is 5.73 Å². The van der Waals surface area contributed by atoms with E-state index in [1.807, 2.05) is 6.07 Å². The van der Waals surface area contributed by atoms with Gasteiger partial charge in [-0.15, -0.1) is 0 Å². The molecular formula is C12H16N2O. The number of phenolic OH excluding ortho intramolecular Hbond substituents is 1. The second-order valence-electron chi connectivity index (χ2n) is 4.09. The average molecular weight is 204 g/mol. The molecule has 0 fully saturated rings. The van der Waals surface area contributed by atoms with Crippen LogP contribution in [-0.4, -0.2) is 5.11 Å². The van der Waals surface area contributed by atoms with Gasteiger partial charge in [-0.2, -0.15) is 5.26 Å². The fraction of sp³-hybridized carbons (Fsp3) is 0.417. The van der Waals surface area contributed by atoms with Gasteiger partial charge < -0.3 is 10.8 Å². The summed E-state index contributed by atoms with van der Waals surface area (Å²) in [5.41, 5.74) is 6.89. The van der Waals surface area contributed by atoms with Crippen LogP contribution in [0, 0.1) is 17.2 Å². The molecule has 0 saturated heterocycles. The molecule has 0 amide bonds. The van der Waals surface area contributed by atoms with E-state index < -0.39 is 0 Å². The molecule has 0 aromatic heterocycles. The summed E-state index contributed by atoms with van der Waals surface area (Å²) < 4.78 is 0. The van der Waals surface area contributed by atoms with E-state index in [4.69, 9.17) is 11.0 Å². The van der Waals surface area contributed by atoms with Gasteiger partial charge in [-0.3, -0.25) is 0 Å². The molecular weight excluding hydrogens is 188 g/mol. The Kier molecular flexibility index (Phi) is 3.70. The Balaban J connectivity index is 3.00. The molecule has 3 N–H and O–H groups in total. The molecule has 80 valence electrons. The maximum absolute atomic E-state index is 9.77. The third-order valence-corrected chi connectivity index (χ3v) is 2.31. The molecule has 0 saturated carbocycles. The van der Waals surface area contributed by atoms with Gasteiger partial charge in [-0.05, 0) is 18.4 Å². The van der Waals surface area contributed by atoms with E-state index >= 15 is 0 Å². The second-order valence-corrected chi connectivity index (χ2v) is 4.09. The molecule has 1 atom stereocenters. The fourth-order valence-electron chi connectivity index (χ4n) is 1.59. The molecule has 0 heterocycles. The standard InChI is InChI=1S/C12H16N2O/c1-8(2)6-11(14)10-5-3-4-9(7-13)12(10)15/h3-5,8,11,15H,6,14H2,1-2H3/t11-/m1/s1. The van der Waals surface area contributed by atoms with Crippen LogP contribution in [0.25, 0.3) is 0 Å². The van der Waals surface area contributed by atoms with Crippen LogP contribution in [-0.2, 0) is 0 Å². The van der Waals surface area contributed by atoms with Crippen molar-refractivity contribution in [2.45, 2.75) is 26.3 Å². The van der Waals surface area contributed by atoms with Crippen LogP contribution >= 0.6 is 0 Å². The number of rotatable bonds is 3. The SMILES string of the molecule is CC(C)C[C@@H](N)c1cccc(C#N)c1O. The van der Waals surface area contributed by atoms with Crippen molar-refractivity contribution >= 4 is 0 Å². The van der Waals surface area contributed by atoms with Crippen molar-refractivity contribution in [2.24, 2.45) is 11.7 Å². The van der Waals surface area contributed by atoms with E-state index in [0.29, 0.717) is 11.5 Å². The minimum atomic E-state index is -0.210. The first-order valence-electron chi connectivity index (χ1n) is 5.03. The van der Waals surface area contributed by atoms with Crippen LogP contribution in [0.15, 0.2) is 18.2 Å². The average Bonchev–Trinajstić information content (AvgIpc) is 2.17. The number of nitriles is 1. The van der Waals surface area contributed by atoms with Crippen molar-refractivity contribution in [3.8, 4) is 11.8 Å². The second kappa shape index (κ2) is 4.81. The summed E-state index contributed by atoms with van der Waals surface area (Å²) in [6, 6.07) is 6.82. The van der Waals surface area contributed by atoms with Crippen molar-refractivity contribution in [1.82, 2.24) is 0 Å². The minimum Gasteiger partial charge on any atom is -0.506 e. The number of hydrogen-bond donors (Lipinski definition) is 2. The smallest absolute Gasteiger partial charge is 0.138 e. The van der Waals surface area contributed by atoms with Gasteiger partial charge in [0.05, 0.1) is 5.56 Å². The summed E-state index contributed by atoms with van der Waals surface area (Å²) in [5, 5.41) is 18.5. The Morgan fingerprint density at radius 2 is 2.13 bits per heavy atom. The number of nitrogens with two attached hydrogens (primary N) is 1. The van der Waals surface area contributed by atoms with Gasteiger partial charge in [-0.1, -0.05) is 26.0 Å². The van der Waals surface area contributed by atoms with Gasteiger partial charge in [0, 0.05) is 11.6 Å². The molecule has 0 aliphatic rings. The van der Waals surface area contributed by atoms with E-state index in [9.17, 15) is 5.11 Å². The lowest BCUT2D eigenvalue weighted by molar-refractivity contribution is 0.444. The highest BCUT2D eigenvalue weighted by atomic mass is 16.3. The number of aromatic hydroxyl groups is 1. The lowest BCUT2D eigenvalue weighted by Gasteiger charge is -2.16. The van der Waals surface area contributed by atoms with Crippen molar-refractivity contribution in [2.75, 3.05) is 0 Å². The molecule has 0 aliphatic heterocycles. The highest BCUT2D eigenvalue weighted by Crippen LogP contribution is 2.29. The van der Waals surface area contributed by atoms with Gasteiger partial charge in [0.25, 0.3) is 0 Å². The van der Waals surface area contributed by atoms with Crippen LogP contribution in [0.5, 0.6) is 5.75 Å². The summed E-state index contributed by atoms with van der Waals surface area (Å²) >= 11 is 0. The van der Waals surface area contributed by atoms with E-state index in [2.05, 4.69) is 13.8 Å². The minimum absolute atomic E-state index is 0.0214. The van der Waals surface area contributed by atoms with Crippen LogP contribution in [0.1, 0.15) is 37.4 Å². The molecule has 0 spiro atoms. The zero-order valence-electron chi connectivity index (χ0n) is 9.07. The Bertz CT molecular complexity index is 380. The Hall–Kier alpha value is -1.53. The van der Waals surface area contributed by atoms with E-state index in [1.165, 1.54) is 0 Å². The first kappa shape index (κ1) is 11.5. The molecule has 3 heteroatoms. The van der Waals surface area contributed by atoms with Crippen LogP contribution in [0.3, 0.4) is 0 Å². The summed E-state index contributed by atoms with van der Waals surface area (Å²) in [4.78, 5) is 0. The molecule has 0 aliphatic carbocycles. The topological polar surface area (TPSA) is 70.0 Å². The third-order valence-electron chi connectivity index (χ3n) is 2.31. The van der Waals surface area contributed by atoms with Crippen LogP contribution in [0.4, 0.5) is 0 Å². The van der Waals surface area contributed by atoms with Gasteiger partial charge in [0.15, 0.2) is 0 Å². The number of nitrogens with zero attached hydrogens (tertiary/aromatic N) is 1. The monoisotopic (exact) mass is 204 g/mol. The Labute approximate surface area is 90.1 Å². The van der Waals surface area contributed by atoms with Crippen molar-refractivity contribution in [3.63, 3.8) is 0 Å². The number of hydrogen-bond acceptors (Lipinski definition) is 3. The maximum atomic E-state index is 9.77. The van der Waals surface area contributed by atoms with Gasteiger partial charge in [0.1, 0.15) is 11.8 Å². The predicted octanol–water partition coefficient (Wildman–Crippen LogP) is 2.31. The zero-order valence-corrected chi connectivity index (χ0v) is 9.07. The van der Waals surface area contributed by atoms with Gasteiger partial charge >= 0.3 is 0 Å². The molecule has 1 rings (SSSR count). The predicted molar refractivity (Wildman–Crippen MR) is 59.2 cm³/mol. The number of phenols is 1. The van der Waals surface area contributed by atoms with E-state index in [1.54, 1.807) is 18.2 Å². The van der Waals surface area contributed by atoms with Crippen LogP contribution in [0.2, 0.25) is 0 Å². The van der Waals surface area contributed by atoms with Gasteiger partial charge in [-0.25, -0.2) is 0 Å². The molecule has 0 unspecified atom stereocenters. The molecule has 15 heavy (non-hydrogen) atoms. The summed E-state index contributed by atoms with van der Waals surface area (Å²) in [6.45, 7) is 4.15. The summed E-state index contributed by atoms with van der Waals surface area (Å²) in [7, 11) is 0. The number of para-hydroxylation sites is 1. The summed E-state index contributed by atoms with van der Waals surface area (Å²) in [5.74, 6) is 0.485. The first-order chi connectivity index (χ1) is 7.06. The van der Waals surface area contributed by atoms with E-state index in [-0.39, 0.29) is 17.4 Å². The molecule has 3 nitrogen and oxygen atoms in total. The molecule has 1 aromatic carbocycles. The van der Waals surface area contributed by atoms with Crippen molar-refractivity contribution in [1.29, 1.82) is 5.26 Å².